The molecule has 1 aliphatic heterocycles. The molecule has 0 bridgehead atoms. The highest BCUT2D eigenvalue weighted by atomic mass is 16.7. The molecule has 2 heterocycles. The van der Waals surface area contributed by atoms with E-state index in [2.05, 4.69) is 0 Å². The number of anilines is 1. The lowest BCUT2D eigenvalue weighted by Crippen LogP contribution is -2.25. The van der Waals surface area contributed by atoms with E-state index >= 15 is 0 Å². The minimum atomic E-state index is -0.933. The molecule has 1 aromatic carbocycles. The molecule has 2 aromatic rings. The summed E-state index contributed by atoms with van der Waals surface area (Å²) in [7, 11) is 1.88. The number of rotatable bonds is 5. The molecule has 0 atom stereocenters. The predicted octanol–water partition coefficient (Wildman–Crippen LogP) is 3.23. The second-order valence-corrected chi connectivity index (χ2v) is 6.67. The van der Waals surface area contributed by atoms with Crippen molar-refractivity contribution in [3.8, 4) is 0 Å². The van der Waals surface area contributed by atoms with Crippen LogP contribution in [-0.2, 0) is 14.9 Å². The zero-order valence-corrected chi connectivity index (χ0v) is 15.1. The third kappa shape index (κ3) is 3.33. The molecule has 0 saturated heterocycles. The lowest BCUT2D eigenvalue weighted by Gasteiger charge is -2.23. The van der Waals surface area contributed by atoms with Crippen molar-refractivity contribution >= 4 is 23.3 Å². The molecule has 0 spiro atoms. The summed E-state index contributed by atoms with van der Waals surface area (Å²) in [4.78, 5) is 35.9. The van der Waals surface area contributed by atoms with Crippen LogP contribution >= 0.6 is 0 Å². The molecule has 8 heteroatoms. The number of ether oxygens (including phenoxy) is 1. The molecule has 0 amide bonds. The van der Waals surface area contributed by atoms with Crippen LogP contribution in [0.25, 0.3) is 0 Å². The number of furan rings is 1. The monoisotopic (exact) mass is 370 g/mol. The van der Waals surface area contributed by atoms with Crippen molar-refractivity contribution in [3.63, 3.8) is 0 Å². The molecule has 1 aliphatic rings. The molecular formula is C19H18N2O6. The summed E-state index contributed by atoms with van der Waals surface area (Å²) in [6.07, 6.45) is 1.46. The Bertz CT molecular complexity index is 957. The van der Waals surface area contributed by atoms with Crippen molar-refractivity contribution in [1.29, 1.82) is 0 Å². The fourth-order valence-corrected chi connectivity index (χ4v) is 3.20. The van der Waals surface area contributed by atoms with E-state index in [0.29, 0.717) is 0 Å². The minimum absolute atomic E-state index is 0.326. The number of carbonyl (C=O) groups is 2. The Morgan fingerprint density at radius 2 is 1.96 bits per heavy atom. The van der Waals surface area contributed by atoms with Gasteiger partial charge in [0.1, 0.15) is 4.92 Å². The largest absolute Gasteiger partial charge is 0.451 e. The molecule has 27 heavy (non-hydrogen) atoms. The summed E-state index contributed by atoms with van der Waals surface area (Å²) in [6.45, 7) is 3.54. The normalized spacial score (nSPS) is 16.3. The zero-order valence-electron chi connectivity index (χ0n) is 15.1. The van der Waals surface area contributed by atoms with Gasteiger partial charge in [-0.3, -0.25) is 14.9 Å². The molecule has 0 radical (unpaired) electrons. The highest BCUT2D eigenvalue weighted by Gasteiger charge is 2.38. The van der Waals surface area contributed by atoms with Crippen LogP contribution in [0.1, 0.15) is 30.0 Å². The summed E-state index contributed by atoms with van der Waals surface area (Å²) < 4.78 is 9.66. The van der Waals surface area contributed by atoms with Crippen LogP contribution in [-0.4, -0.2) is 30.3 Å². The van der Waals surface area contributed by atoms with Crippen molar-refractivity contribution in [3.05, 3.63) is 69.6 Å². The molecule has 0 saturated carbocycles. The number of nitro groups is 1. The number of benzene rings is 1. The van der Waals surface area contributed by atoms with E-state index in [1.807, 2.05) is 50.1 Å². The van der Waals surface area contributed by atoms with Crippen LogP contribution in [0.3, 0.4) is 0 Å². The van der Waals surface area contributed by atoms with Crippen molar-refractivity contribution in [2.75, 3.05) is 18.6 Å². The molecular weight excluding hydrogens is 352 g/mol. The Labute approximate surface area is 155 Å². The SMILES string of the molecule is CN1C(=CC(=O)COC(=O)c2ccc([N+](=O)[O-])o2)C(C)(C)c2ccccc21. The lowest BCUT2D eigenvalue weighted by molar-refractivity contribution is -0.402. The summed E-state index contributed by atoms with van der Waals surface area (Å²) >= 11 is 0. The van der Waals surface area contributed by atoms with E-state index in [4.69, 9.17) is 9.15 Å². The Kier molecular flexibility index (Phi) is 4.57. The summed E-state index contributed by atoms with van der Waals surface area (Å²) in [6, 6.07) is 10.1. The zero-order chi connectivity index (χ0) is 19.8. The van der Waals surface area contributed by atoms with Gasteiger partial charge in [0.25, 0.3) is 0 Å². The first kappa shape index (κ1) is 18.4. The number of fused-ring (bicyclic) bond motifs is 1. The van der Waals surface area contributed by atoms with Gasteiger partial charge in [0.05, 0.1) is 6.07 Å². The van der Waals surface area contributed by atoms with E-state index in [0.717, 1.165) is 29.1 Å². The Morgan fingerprint density at radius 3 is 2.59 bits per heavy atom. The first-order valence-electron chi connectivity index (χ1n) is 8.21. The summed E-state index contributed by atoms with van der Waals surface area (Å²) in [5.74, 6) is -2.22. The van der Waals surface area contributed by atoms with Crippen LogP contribution in [0.5, 0.6) is 0 Å². The van der Waals surface area contributed by atoms with Crippen molar-refractivity contribution in [2.24, 2.45) is 0 Å². The second kappa shape index (κ2) is 6.71. The van der Waals surface area contributed by atoms with Crippen LogP contribution in [0, 0.1) is 10.1 Å². The van der Waals surface area contributed by atoms with Crippen LogP contribution in [0.2, 0.25) is 0 Å². The number of likely N-dealkylation sites (N-methyl/N-ethyl adjacent to an activating group) is 1. The fourth-order valence-electron chi connectivity index (χ4n) is 3.20. The van der Waals surface area contributed by atoms with Gasteiger partial charge in [0, 0.05) is 29.9 Å². The van der Waals surface area contributed by atoms with Crippen molar-refractivity contribution in [1.82, 2.24) is 0 Å². The van der Waals surface area contributed by atoms with Gasteiger partial charge >= 0.3 is 11.9 Å². The maximum Gasteiger partial charge on any atom is 0.433 e. The topological polar surface area (TPSA) is 103 Å². The Morgan fingerprint density at radius 1 is 1.26 bits per heavy atom. The average molecular weight is 370 g/mol. The maximum atomic E-state index is 12.3. The second-order valence-electron chi connectivity index (χ2n) is 6.67. The summed E-state index contributed by atoms with van der Waals surface area (Å²) in [5, 5.41) is 10.6. The van der Waals surface area contributed by atoms with Gasteiger partial charge in [-0.05, 0) is 17.7 Å². The van der Waals surface area contributed by atoms with Gasteiger partial charge in [-0.1, -0.05) is 32.0 Å². The highest BCUT2D eigenvalue weighted by Crippen LogP contribution is 2.46. The molecule has 3 rings (SSSR count). The van der Waals surface area contributed by atoms with Gasteiger partial charge in [-0.15, -0.1) is 0 Å². The van der Waals surface area contributed by atoms with Crippen molar-refractivity contribution in [2.45, 2.75) is 19.3 Å². The standard InChI is InChI=1S/C19H18N2O6/c1-19(2)13-6-4-5-7-14(13)20(3)16(19)10-12(22)11-26-18(23)15-8-9-17(27-15)21(24)25/h4-10H,11H2,1-3H3. The highest BCUT2D eigenvalue weighted by molar-refractivity contribution is 5.96. The molecule has 1 aromatic heterocycles. The number of carbonyl (C=O) groups excluding carboxylic acids is 2. The Balaban J connectivity index is 1.70. The number of nitrogens with zero attached hydrogens (tertiary/aromatic N) is 2. The van der Waals surface area contributed by atoms with Gasteiger partial charge in [-0.2, -0.15) is 0 Å². The fraction of sp³-hybridized carbons (Fsp3) is 0.263. The average Bonchev–Trinajstić information content (AvgIpc) is 3.19. The van der Waals surface area contributed by atoms with Gasteiger partial charge in [0.15, 0.2) is 12.4 Å². The Hall–Kier alpha value is -3.42. The van der Waals surface area contributed by atoms with E-state index in [-0.39, 0.29) is 11.2 Å². The number of hydrogen-bond donors (Lipinski definition) is 0. The smallest absolute Gasteiger partial charge is 0.433 e. The number of esters is 1. The minimum Gasteiger partial charge on any atom is -0.451 e. The lowest BCUT2D eigenvalue weighted by atomic mass is 9.83. The first-order valence-corrected chi connectivity index (χ1v) is 8.21. The molecule has 0 N–H and O–H groups in total. The number of allylic oxidation sites excluding steroid dienone is 1. The van der Waals surface area contributed by atoms with Crippen LogP contribution in [0.15, 0.2) is 52.6 Å². The van der Waals surface area contributed by atoms with Gasteiger partial charge in [0.2, 0.25) is 5.76 Å². The summed E-state index contributed by atoms with van der Waals surface area (Å²) in [5.41, 5.74) is 2.54. The predicted molar refractivity (Wildman–Crippen MR) is 96.6 cm³/mol. The first-order chi connectivity index (χ1) is 12.7. The van der Waals surface area contributed by atoms with Crippen LogP contribution < -0.4 is 4.90 Å². The van der Waals surface area contributed by atoms with E-state index in [9.17, 15) is 19.7 Å². The molecule has 0 fully saturated rings. The number of hydrogen-bond acceptors (Lipinski definition) is 7. The number of para-hydroxylation sites is 1. The maximum absolute atomic E-state index is 12.3. The van der Waals surface area contributed by atoms with E-state index in [1.165, 1.54) is 6.08 Å². The van der Waals surface area contributed by atoms with Gasteiger partial charge < -0.3 is 14.1 Å². The van der Waals surface area contributed by atoms with Gasteiger partial charge in [-0.25, -0.2) is 4.79 Å². The third-order valence-electron chi connectivity index (χ3n) is 4.56. The third-order valence-corrected chi connectivity index (χ3v) is 4.56. The quantitative estimate of drug-likeness (QED) is 0.344. The molecule has 0 aliphatic carbocycles. The van der Waals surface area contributed by atoms with E-state index in [1.54, 1.807) is 0 Å². The molecule has 8 nitrogen and oxygen atoms in total. The molecule has 140 valence electrons. The van der Waals surface area contributed by atoms with Crippen LogP contribution in [0.4, 0.5) is 11.6 Å². The van der Waals surface area contributed by atoms with E-state index < -0.39 is 29.2 Å². The van der Waals surface area contributed by atoms with Crippen molar-refractivity contribution < 1.29 is 23.7 Å². The molecule has 0 unspecified atom stereocenters. The number of ketones is 1.